The highest BCUT2D eigenvalue weighted by Gasteiger charge is 2.40. The number of carbonyl (C=O) groups is 1. The predicted molar refractivity (Wildman–Crippen MR) is 78.3 cm³/mol. The third-order valence-electron chi connectivity index (χ3n) is 3.80. The van der Waals surface area contributed by atoms with Crippen LogP contribution in [0.25, 0.3) is 0 Å². The first-order valence-electron chi connectivity index (χ1n) is 7.28. The molecule has 0 aliphatic carbocycles. The molecule has 2 rings (SSSR count). The minimum atomic E-state index is -4.65. The highest BCUT2D eigenvalue weighted by Crippen LogP contribution is 2.36. The SMILES string of the molecule is Cc1c(Cl)c(C(F)(F)F)nn1C(C)C(=O)N1CC(C)OC(C)C1. The highest BCUT2D eigenvalue weighted by atomic mass is 35.5. The number of hydrogen-bond acceptors (Lipinski definition) is 3. The molecule has 9 heteroatoms. The molecule has 0 bridgehead atoms. The second kappa shape index (κ2) is 6.32. The summed E-state index contributed by atoms with van der Waals surface area (Å²) in [6, 6.07) is -0.874. The third-order valence-corrected chi connectivity index (χ3v) is 4.25. The van der Waals surface area contributed by atoms with Crippen molar-refractivity contribution in [3.63, 3.8) is 0 Å². The number of halogens is 4. The minimum Gasteiger partial charge on any atom is -0.372 e. The van der Waals surface area contributed by atoms with Crippen LogP contribution >= 0.6 is 11.6 Å². The molecular weight excluding hydrogens is 335 g/mol. The number of ether oxygens (including phenoxy) is 1. The Balaban J connectivity index is 2.26. The number of aromatic nitrogens is 2. The van der Waals surface area contributed by atoms with E-state index in [9.17, 15) is 18.0 Å². The van der Waals surface area contributed by atoms with Crippen molar-refractivity contribution in [1.82, 2.24) is 14.7 Å². The first-order chi connectivity index (χ1) is 10.5. The van der Waals surface area contributed by atoms with Crippen LogP contribution in [0.4, 0.5) is 13.2 Å². The lowest BCUT2D eigenvalue weighted by atomic mass is 10.2. The van der Waals surface area contributed by atoms with Gasteiger partial charge >= 0.3 is 6.18 Å². The molecule has 1 aliphatic rings. The average Bonchev–Trinajstić information content (AvgIpc) is 2.72. The van der Waals surface area contributed by atoms with Crippen LogP contribution in [0.3, 0.4) is 0 Å². The van der Waals surface area contributed by atoms with Gasteiger partial charge in [0.2, 0.25) is 5.91 Å². The van der Waals surface area contributed by atoms with Crippen LogP contribution in [0.1, 0.15) is 38.2 Å². The first-order valence-corrected chi connectivity index (χ1v) is 7.66. The van der Waals surface area contributed by atoms with E-state index >= 15 is 0 Å². The predicted octanol–water partition coefficient (Wildman–Crippen LogP) is 3.06. The molecule has 1 saturated heterocycles. The van der Waals surface area contributed by atoms with E-state index in [0.29, 0.717) is 13.1 Å². The summed E-state index contributed by atoms with van der Waals surface area (Å²) in [5, 5.41) is 3.04. The fourth-order valence-electron chi connectivity index (χ4n) is 2.78. The zero-order valence-corrected chi connectivity index (χ0v) is 14.1. The third kappa shape index (κ3) is 3.63. The van der Waals surface area contributed by atoms with E-state index in [1.807, 2.05) is 13.8 Å². The number of hydrogen-bond donors (Lipinski definition) is 0. The Morgan fingerprint density at radius 2 is 1.87 bits per heavy atom. The van der Waals surface area contributed by atoms with Gasteiger partial charge in [-0.2, -0.15) is 18.3 Å². The summed E-state index contributed by atoms with van der Waals surface area (Å²) in [5.74, 6) is -0.303. The minimum absolute atomic E-state index is 0.120. The standard InChI is InChI=1S/C14H19ClF3N3O2/c1-7-5-20(6-8(2)23-7)13(22)10(4)21-9(3)11(15)12(19-21)14(16,17)18/h7-8,10H,5-6H2,1-4H3. The summed E-state index contributed by atoms with van der Waals surface area (Å²) in [5.41, 5.74) is -1.05. The van der Waals surface area contributed by atoms with Gasteiger partial charge < -0.3 is 9.64 Å². The summed E-state index contributed by atoms with van der Waals surface area (Å²) in [6.07, 6.45) is -4.90. The van der Waals surface area contributed by atoms with Crippen LogP contribution in [-0.2, 0) is 15.7 Å². The van der Waals surface area contributed by atoms with Crippen LogP contribution in [-0.4, -0.2) is 45.9 Å². The molecule has 1 aliphatic heterocycles. The molecule has 0 saturated carbocycles. The number of amides is 1. The molecule has 0 spiro atoms. The largest absolute Gasteiger partial charge is 0.436 e. The van der Waals surface area contributed by atoms with Crippen molar-refractivity contribution in [3.05, 3.63) is 16.4 Å². The maximum atomic E-state index is 12.9. The number of carbonyl (C=O) groups excluding carboxylic acids is 1. The number of alkyl halides is 3. The molecule has 0 aromatic carbocycles. The van der Waals surface area contributed by atoms with Gasteiger partial charge in [-0.15, -0.1) is 0 Å². The molecule has 1 aromatic rings. The average molecular weight is 354 g/mol. The van der Waals surface area contributed by atoms with Crippen molar-refractivity contribution in [2.24, 2.45) is 0 Å². The molecule has 0 radical (unpaired) electrons. The van der Waals surface area contributed by atoms with Crippen molar-refractivity contribution in [2.45, 2.75) is 52.1 Å². The van der Waals surface area contributed by atoms with Gasteiger partial charge in [-0.05, 0) is 27.7 Å². The van der Waals surface area contributed by atoms with Crippen molar-refractivity contribution in [3.8, 4) is 0 Å². The van der Waals surface area contributed by atoms with E-state index in [-0.39, 0.29) is 23.8 Å². The zero-order chi connectivity index (χ0) is 17.5. The first kappa shape index (κ1) is 18.1. The summed E-state index contributed by atoms with van der Waals surface area (Å²) in [7, 11) is 0. The number of nitrogens with zero attached hydrogens (tertiary/aromatic N) is 3. The van der Waals surface area contributed by atoms with Crippen molar-refractivity contribution in [1.29, 1.82) is 0 Å². The Morgan fingerprint density at radius 3 is 2.30 bits per heavy atom. The molecule has 1 aromatic heterocycles. The maximum Gasteiger partial charge on any atom is 0.436 e. The fraction of sp³-hybridized carbons (Fsp3) is 0.714. The van der Waals surface area contributed by atoms with Crippen LogP contribution in [0.15, 0.2) is 0 Å². The summed E-state index contributed by atoms with van der Waals surface area (Å²) < 4.78 is 45.3. The molecule has 5 nitrogen and oxygen atoms in total. The van der Waals surface area contributed by atoms with E-state index in [4.69, 9.17) is 16.3 Å². The van der Waals surface area contributed by atoms with Gasteiger partial charge in [0.1, 0.15) is 6.04 Å². The molecule has 1 amide bonds. The zero-order valence-electron chi connectivity index (χ0n) is 13.3. The Kier molecular flexibility index (Phi) is 4.96. The summed E-state index contributed by atoms with van der Waals surface area (Å²) >= 11 is 5.73. The Morgan fingerprint density at radius 1 is 1.35 bits per heavy atom. The quantitative estimate of drug-likeness (QED) is 0.821. The Bertz CT molecular complexity index is 593. The van der Waals surface area contributed by atoms with Gasteiger partial charge in [0.05, 0.1) is 22.9 Å². The fourth-order valence-corrected chi connectivity index (χ4v) is 3.01. The molecule has 1 fully saturated rings. The van der Waals surface area contributed by atoms with Gasteiger partial charge in [0.25, 0.3) is 0 Å². The lowest BCUT2D eigenvalue weighted by Crippen LogP contribution is -2.50. The molecule has 130 valence electrons. The lowest BCUT2D eigenvalue weighted by molar-refractivity contribution is -0.147. The Hall–Kier alpha value is -1.28. The van der Waals surface area contributed by atoms with E-state index in [0.717, 1.165) is 4.68 Å². The van der Waals surface area contributed by atoms with E-state index in [1.165, 1.54) is 13.8 Å². The van der Waals surface area contributed by atoms with Crippen LogP contribution in [0.2, 0.25) is 5.02 Å². The van der Waals surface area contributed by atoms with Gasteiger partial charge in [0, 0.05) is 13.1 Å². The lowest BCUT2D eigenvalue weighted by Gasteiger charge is -2.36. The normalized spacial score (nSPS) is 23.9. The topological polar surface area (TPSA) is 47.4 Å². The highest BCUT2D eigenvalue weighted by molar-refractivity contribution is 6.32. The molecule has 3 unspecified atom stereocenters. The van der Waals surface area contributed by atoms with Crippen LogP contribution in [0.5, 0.6) is 0 Å². The smallest absolute Gasteiger partial charge is 0.372 e. The van der Waals surface area contributed by atoms with Gasteiger partial charge in [-0.25, -0.2) is 0 Å². The second-order valence-corrected chi connectivity index (χ2v) is 6.24. The second-order valence-electron chi connectivity index (χ2n) is 5.87. The molecule has 3 atom stereocenters. The summed E-state index contributed by atoms with van der Waals surface area (Å²) in [4.78, 5) is 14.2. The van der Waals surface area contributed by atoms with E-state index in [1.54, 1.807) is 4.90 Å². The van der Waals surface area contributed by atoms with Crippen molar-refractivity contribution < 1.29 is 22.7 Å². The molecule has 2 heterocycles. The number of rotatable bonds is 2. The van der Waals surface area contributed by atoms with Crippen LogP contribution < -0.4 is 0 Å². The van der Waals surface area contributed by atoms with Gasteiger partial charge in [-0.1, -0.05) is 11.6 Å². The Labute approximate surface area is 137 Å². The summed E-state index contributed by atoms with van der Waals surface area (Å²) in [6.45, 7) is 7.42. The van der Waals surface area contributed by atoms with Crippen molar-refractivity contribution in [2.75, 3.05) is 13.1 Å². The van der Waals surface area contributed by atoms with E-state index in [2.05, 4.69) is 5.10 Å². The van der Waals surface area contributed by atoms with Gasteiger partial charge in [0.15, 0.2) is 5.69 Å². The van der Waals surface area contributed by atoms with Crippen LogP contribution in [0, 0.1) is 6.92 Å². The van der Waals surface area contributed by atoms with E-state index < -0.39 is 22.9 Å². The van der Waals surface area contributed by atoms with Crippen molar-refractivity contribution >= 4 is 17.5 Å². The number of morpholine rings is 1. The molecule has 23 heavy (non-hydrogen) atoms. The molecule has 0 N–H and O–H groups in total. The maximum absolute atomic E-state index is 12.9. The molecular formula is C14H19ClF3N3O2. The monoisotopic (exact) mass is 353 g/mol. The van der Waals surface area contributed by atoms with Gasteiger partial charge in [-0.3, -0.25) is 9.48 Å².